The van der Waals surface area contributed by atoms with E-state index in [1.54, 1.807) is 0 Å². The number of halogens is 2. The summed E-state index contributed by atoms with van der Waals surface area (Å²) in [6, 6.07) is 3.56. The van der Waals surface area contributed by atoms with E-state index in [-0.39, 0.29) is 5.02 Å². The molecule has 0 heterocycles. The Morgan fingerprint density at radius 1 is 1.50 bits per heavy atom. The van der Waals surface area contributed by atoms with E-state index in [0.717, 1.165) is 0 Å². The van der Waals surface area contributed by atoms with Crippen molar-refractivity contribution in [2.75, 3.05) is 0 Å². The van der Waals surface area contributed by atoms with Gasteiger partial charge in [-0.2, -0.15) is 0 Å². The molecule has 14 heavy (non-hydrogen) atoms. The quantitative estimate of drug-likeness (QED) is 0.816. The number of aliphatic hydroxyl groups is 1. The fraction of sp³-hybridized carbons (Fsp3) is 0.400. The van der Waals surface area contributed by atoms with Gasteiger partial charge < -0.3 is 10.8 Å². The molecule has 3 N–H and O–H groups in total. The second-order valence-corrected chi connectivity index (χ2v) is 3.66. The minimum Gasteiger partial charge on any atom is -0.387 e. The molecule has 0 saturated carbocycles. The molecule has 78 valence electrons. The molecule has 0 aliphatic rings. The van der Waals surface area contributed by atoms with Crippen molar-refractivity contribution in [3.8, 4) is 0 Å². The van der Waals surface area contributed by atoms with Crippen molar-refractivity contribution >= 4 is 11.6 Å². The minimum atomic E-state index is -0.867. The summed E-state index contributed by atoms with van der Waals surface area (Å²) in [5.41, 5.74) is 6.05. The maximum atomic E-state index is 12.9. The lowest BCUT2D eigenvalue weighted by atomic mass is 10.0. The Kier molecular flexibility index (Phi) is 3.86. The highest BCUT2D eigenvalue weighted by Gasteiger charge is 2.16. The first-order valence-electron chi connectivity index (χ1n) is 4.44. The molecule has 0 bridgehead atoms. The predicted molar refractivity (Wildman–Crippen MR) is 54.6 cm³/mol. The minimum absolute atomic E-state index is 0.266. The van der Waals surface area contributed by atoms with Gasteiger partial charge >= 0.3 is 0 Å². The molecule has 0 aromatic heterocycles. The third-order valence-corrected chi connectivity index (χ3v) is 2.32. The zero-order valence-corrected chi connectivity index (χ0v) is 8.63. The third-order valence-electron chi connectivity index (χ3n) is 2.10. The van der Waals surface area contributed by atoms with Gasteiger partial charge in [0.15, 0.2) is 0 Å². The van der Waals surface area contributed by atoms with Gasteiger partial charge in [-0.1, -0.05) is 18.5 Å². The molecular formula is C10H13ClFNO. The van der Waals surface area contributed by atoms with Crippen LogP contribution in [0.3, 0.4) is 0 Å². The Balaban J connectivity index is 2.94. The highest BCUT2D eigenvalue weighted by atomic mass is 35.5. The fourth-order valence-corrected chi connectivity index (χ4v) is 1.45. The molecule has 0 amide bonds. The second-order valence-electron chi connectivity index (χ2n) is 3.22. The van der Waals surface area contributed by atoms with E-state index >= 15 is 0 Å². The molecule has 0 unspecified atom stereocenters. The highest BCUT2D eigenvalue weighted by molar-refractivity contribution is 6.30. The summed E-state index contributed by atoms with van der Waals surface area (Å²) in [4.78, 5) is 0. The summed E-state index contributed by atoms with van der Waals surface area (Å²) in [6.07, 6.45) is -0.247. The van der Waals surface area contributed by atoms with Gasteiger partial charge in [0.1, 0.15) is 5.82 Å². The van der Waals surface area contributed by atoms with E-state index in [1.165, 1.54) is 18.2 Å². The van der Waals surface area contributed by atoms with Gasteiger partial charge in [-0.15, -0.1) is 0 Å². The van der Waals surface area contributed by atoms with Crippen molar-refractivity contribution in [1.82, 2.24) is 0 Å². The standard InChI is InChI=1S/C10H13ClFNO/c1-2-9(13)10(14)6-3-7(11)5-8(12)4-6/h3-5,9-10,14H,2,13H2,1H3/t9-,10+/m1/s1. The number of hydrogen-bond acceptors (Lipinski definition) is 2. The van der Waals surface area contributed by atoms with Crippen molar-refractivity contribution in [2.45, 2.75) is 25.5 Å². The van der Waals surface area contributed by atoms with Crippen LogP contribution in [0.5, 0.6) is 0 Å². The van der Waals surface area contributed by atoms with Gasteiger partial charge in [0, 0.05) is 11.1 Å². The Morgan fingerprint density at radius 2 is 2.14 bits per heavy atom. The Labute approximate surface area is 87.5 Å². The van der Waals surface area contributed by atoms with Crippen LogP contribution in [-0.2, 0) is 0 Å². The van der Waals surface area contributed by atoms with Gasteiger partial charge in [0.05, 0.1) is 6.10 Å². The summed E-state index contributed by atoms with van der Waals surface area (Å²) >= 11 is 5.65. The van der Waals surface area contributed by atoms with Crippen molar-refractivity contribution in [3.05, 3.63) is 34.6 Å². The molecular weight excluding hydrogens is 205 g/mol. The molecule has 1 aromatic rings. The number of benzene rings is 1. The maximum absolute atomic E-state index is 12.9. The van der Waals surface area contributed by atoms with E-state index < -0.39 is 18.0 Å². The summed E-state index contributed by atoms with van der Waals surface area (Å²) in [5.74, 6) is -0.463. The van der Waals surface area contributed by atoms with Crippen molar-refractivity contribution in [1.29, 1.82) is 0 Å². The van der Waals surface area contributed by atoms with Gasteiger partial charge in [0.2, 0.25) is 0 Å². The molecule has 0 spiro atoms. The zero-order chi connectivity index (χ0) is 10.7. The Hall–Kier alpha value is -0.640. The van der Waals surface area contributed by atoms with Crippen LogP contribution in [0.4, 0.5) is 4.39 Å². The Bertz CT molecular complexity index is 299. The van der Waals surface area contributed by atoms with Crippen LogP contribution in [0.1, 0.15) is 25.0 Å². The maximum Gasteiger partial charge on any atom is 0.125 e. The number of nitrogens with two attached hydrogens (primary N) is 1. The fourth-order valence-electron chi connectivity index (χ4n) is 1.22. The number of hydrogen-bond donors (Lipinski definition) is 2. The van der Waals surface area contributed by atoms with Gasteiger partial charge in [-0.25, -0.2) is 4.39 Å². The summed E-state index contributed by atoms with van der Waals surface area (Å²) in [5, 5.41) is 9.95. The highest BCUT2D eigenvalue weighted by Crippen LogP contribution is 2.22. The molecule has 0 saturated heterocycles. The normalized spacial score (nSPS) is 15.2. The van der Waals surface area contributed by atoms with Crippen LogP contribution in [0.15, 0.2) is 18.2 Å². The molecule has 0 fully saturated rings. The molecule has 0 aliphatic heterocycles. The van der Waals surface area contributed by atoms with E-state index in [1.807, 2.05) is 6.92 Å². The summed E-state index contributed by atoms with van der Waals surface area (Å²) in [7, 11) is 0. The predicted octanol–water partition coefficient (Wildman–Crippen LogP) is 2.25. The van der Waals surface area contributed by atoms with E-state index in [0.29, 0.717) is 12.0 Å². The molecule has 0 aliphatic carbocycles. The molecule has 1 rings (SSSR count). The summed E-state index contributed by atoms with van der Waals surface area (Å²) in [6.45, 7) is 1.86. The molecule has 0 radical (unpaired) electrons. The number of rotatable bonds is 3. The van der Waals surface area contributed by atoms with Crippen LogP contribution in [0.2, 0.25) is 5.02 Å². The first-order valence-corrected chi connectivity index (χ1v) is 4.82. The van der Waals surface area contributed by atoms with E-state index in [2.05, 4.69) is 0 Å². The zero-order valence-electron chi connectivity index (χ0n) is 7.87. The van der Waals surface area contributed by atoms with E-state index in [9.17, 15) is 9.50 Å². The lowest BCUT2D eigenvalue weighted by molar-refractivity contribution is 0.144. The van der Waals surface area contributed by atoms with Crippen molar-refractivity contribution in [3.63, 3.8) is 0 Å². The van der Waals surface area contributed by atoms with Gasteiger partial charge in [0.25, 0.3) is 0 Å². The van der Waals surface area contributed by atoms with Crippen LogP contribution in [-0.4, -0.2) is 11.1 Å². The lowest BCUT2D eigenvalue weighted by Gasteiger charge is -2.17. The smallest absolute Gasteiger partial charge is 0.125 e. The average Bonchev–Trinajstić information content (AvgIpc) is 2.14. The molecule has 2 atom stereocenters. The van der Waals surface area contributed by atoms with Gasteiger partial charge in [-0.3, -0.25) is 0 Å². The van der Waals surface area contributed by atoms with E-state index in [4.69, 9.17) is 17.3 Å². The number of aliphatic hydroxyl groups excluding tert-OH is 1. The molecule has 1 aromatic carbocycles. The monoisotopic (exact) mass is 217 g/mol. The van der Waals surface area contributed by atoms with Crippen LogP contribution < -0.4 is 5.73 Å². The lowest BCUT2D eigenvalue weighted by Crippen LogP contribution is -2.27. The Morgan fingerprint density at radius 3 is 2.64 bits per heavy atom. The largest absolute Gasteiger partial charge is 0.387 e. The van der Waals surface area contributed by atoms with Crippen LogP contribution in [0.25, 0.3) is 0 Å². The first kappa shape index (κ1) is 11.4. The summed E-state index contributed by atoms with van der Waals surface area (Å²) < 4.78 is 12.9. The SMILES string of the molecule is CC[C@@H](N)[C@@H](O)c1cc(F)cc(Cl)c1. The second kappa shape index (κ2) is 4.73. The molecule has 4 heteroatoms. The van der Waals surface area contributed by atoms with Crippen molar-refractivity contribution < 1.29 is 9.50 Å². The van der Waals surface area contributed by atoms with Crippen LogP contribution >= 0.6 is 11.6 Å². The third kappa shape index (κ3) is 2.67. The molecule has 2 nitrogen and oxygen atoms in total. The van der Waals surface area contributed by atoms with Crippen LogP contribution in [0, 0.1) is 5.82 Å². The van der Waals surface area contributed by atoms with Crippen molar-refractivity contribution in [2.24, 2.45) is 5.73 Å². The average molecular weight is 218 g/mol. The topological polar surface area (TPSA) is 46.2 Å². The van der Waals surface area contributed by atoms with Gasteiger partial charge in [-0.05, 0) is 30.2 Å². The first-order chi connectivity index (χ1) is 6.54.